The minimum Gasteiger partial charge on any atom is -0.462 e. The Morgan fingerprint density at radius 2 is 0.506 bits per heavy atom. The highest BCUT2D eigenvalue weighted by Crippen LogP contribution is 2.15. The van der Waals surface area contributed by atoms with Crippen LogP contribution in [0.4, 0.5) is 0 Å². The first-order chi connectivity index (χ1) is 38.0. The Balaban J connectivity index is 4.31. The van der Waals surface area contributed by atoms with Crippen molar-refractivity contribution in [2.45, 2.75) is 297 Å². The predicted molar refractivity (Wildman–Crippen MR) is 334 cm³/mol. The summed E-state index contributed by atoms with van der Waals surface area (Å²) >= 11 is 0. The molecule has 0 aromatic rings. The lowest BCUT2D eigenvalue weighted by atomic mass is 10.1. The van der Waals surface area contributed by atoms with Crippen LogP contribution in [0.5, 0.6) is 0 Å². The number of allylic oxidation sites excluding steroid dienone is 20. The number of rotatable bonds is 57. The second kappa shape index (κ2) is 64.3. The fourth-order valence-electron chi connectivity index (χ4n) is 8.69. The zero-order chi connectivity index (χ0) is 55.7. The third kappa shape index (κ3) is 62.5. The first kappa shape index (κ1) is 72.8. The number of unbranched alkanes of at least 4 members (excludes halogenated alkanes) is 26. The molecule has 0 radical (unpaired) electrons. The molecule has 0 aliphatic carbocycles. The van der Waals surface area contributed by atoms with Gasteiger partial charge in [0.25, 0.3) is 0 Å². The van der Waals surface area contributed by atoms with Gasteiger partial charge in [-0.15, -0.1) is 0 Å². The molecule has 6 heteroatoms. The van der Waals surface area contributed by atoms with E-state index in [1.54, 1.807) is 0 Å². The standard InChI is InChI=1S/C71H118O6/c1-4-7-10-13-16-19-22-25-27-29-30-31-32-33-34-35-36-37-38-39-40-42-43-46-49-52-55-58-61-64-70(73)76-67-68(66-75-69(72)63-60-57-54-51-48-45-24-21-18-15-12-9-6-3)77-71(74)65-62-59-56-53-50-47-44-41-28-26-23-20-17-14-11-8-5-2/h7-8,10-11,16-17,19-21,24-28,30-31,33-34,36-37,68H,4-6,9,12-15,18,22-23,29,32,35,38-67H2,1-3H3/b10-7-,11-8-,19-16-,20-17-,24-21-,27-25-,28-26-,31-30-,34-33-,37-36-. The summed E-state index contributed by atoms with van der Waals surface area (Å²) in [7, 11) is 0. The van der Waals surface area contributed by atoms with Crippen molar-refractivity contribution < 1.29 is 28.6 Å². The van der Waals surface area contributed by atoms with Crippen LogP contribution in [0, 0.1) is 0 Å². The van der Waals surface area contributed by atoms with Crippen LogP contribution in [0.1, 0.15) is 290 Å². The number of hydrogen-bond acceptors (Lipinski definition) is 6. The van der Waals surface area contributed by atoms with E-state index in [-0.39, 0.29) is 31.1 Å². The van der Waals surface area contributed by atoms with Crippen molar-refractivity contribution in [3.05, 3.63) is 122 Å². The maximum absolute atomic E-state index is 12.9. The van der Waals surface area contributed by atoms with Crippen LogP contribution in [0.2, 0.25) is 0 Å². The summed E-state index contributed by atoms with van der Waals surface area (Å²) < 4.78 is 16.9. The molecule has 0 saturated carbocycles. The van der Waals surface area contributed by atoms with Crippen LogP contribution in [0.3, 0.4) is 0 Å². The van der Waals surface area contributed by atoms with Crippen molar-refractivity contribution in [3.8, 4) is 0 Å². The first-order valence-electron chi connectivity index (χ1n) is 32.0. The van der Waals surface area contributed by atoms with Crippen molar-refractivity contribution in [3.63, 3.8) is 0 Å². The van der Waals surface area contributed by atoms with E-state index < -0.39 is 6.10 Å². The zero-order valence-electron chi connectivity index (χ0n) is 50.2. The van der Waals surface area contributed by atoms with Gasteiger partial charge in [-0.05, 0) is 128 Å². The van der Waals surface area contributed by atoms with Gasteiger partial charge in [0.15, 0.2) is 6.10 Å². The Bertz CT molecular complexity index is 1600. The molecule has 0 saturated heterocycles. The van der Waals surface area contributed by atoms with E-state index >= 15 is 0 Å². The second-order valence-corrected chi connectivity index (χ2v) is 20.9. The lowest BCUT2D eigenvalue weighted by molar-refractivity contribution is -0.167. The van der Waals surface area contributed by atoms with E-state index in [0.717, 1.165) is 128 Å². The van der Waals surface area contributed by atoms with Gasteiger partial charge in [0.2, 0.25) is 0 Å². The molecule has 0 aliphatic rings. The van der Waals surface area contributed by atoms with Gasteiger partial charge < -0.3 is 14.2 Å². The van der Waals surface area contributed by atoms with Crippen molar-refractivity contribution in [2.75, 3.05) is 13.2 Å². The van der Waals surface area contributed by atoms with Crippen LogP contribution >= 0.6 is 0 Å². The van der Waals surface area contributed by atoms with Gasteiger partial charge in [-0.25, -0.2) is 0 Å². The van der Waals surface area contributed by atoms with E-state index in [0.29, 0.717) is 19.3 Å². The van der Waals surface area contributed by atoms with E-state index in [2.05, 4.69) is 142 Å². The lowest BCUT2D eigenvalue weighted by Gasteiger charge is -2.18. The van der Waals surface area contributed by atoms with Crippen molar-refractivity contribution in [2.24, 2.45) is 0 Å². The number of hydrogen-bond donors (Lipinski definition) is 0. The Morgan fingerprint density at radius 3 is 0.805 bits per heavy atom. The smallest absolute Gasteiger partial charge is 0.306 e. The zero-order valence-corrected chi connectivity index (χ0v) is 50.2. The summed E-state index contributed by atoms with van der Waals surface area (Å²) in [6, 6.07) is 0. The molecule has 0 amide bonds. The fraction of sp³-hybridized carbons (Fsp3) is 0.676. The van der Waals surface area contributed by atoms with Crippen LogP contribution in [0.25, 0.3) is 0 Å². The lowest BCUT2D eigenvalue weighted by Crippen LogP contribution is -2.30. The molecule has 1 unspecified atom stereocenters. The van der Waals surface area contributed by atoms with E-state index in [4.69, 9.17) is 14.2 Å². The minimum absolute atomic E-state index is 0.0883. The Kier molecular flexibility index (Phi) is 60.8. The molecule has 0 rings (SSSR count). The van der Waals surface area contributed by atoms with Crippen molar-refractivity contribution in [1.82, 2.24) is 0 Å². The third-order valence-corrected chi connectivity index (χ3v) is 13.4. The van der Waals surface area contributed by atoms with Gasteiger partial charge in [0, 0.05) is 19.3 Å². The molecular formula is C71H118O6. The molecule has 0 aromatic heterocycles. The predicted octanol–water partition coefficient (Wildman–Crippen LogP) is 22.0. The number of carbonyl (C=O) groups excluding carboxylic acids is 3. The number of esters is 3. The normalized spacial score (nSPS) is 12.9. The summed E-state index contributed by atoms with van der Waals surface area (Å²) in [5.41, 5.74) is 0. The Morgan fingerprint density at radius 1 is 0.273 bits per heavy atom. The number of carbonyl (C=O) groups is 3. The summed E-state index contributed by atoms with van der Waals surface area (Å²) in [6.45, 7) is 6.39. The highest BCUT2D eigenvalue weighted by atomic mass is 16.6. The quantitative estimate of drug-likeness (QED) is 0.0261. The molecule has 438 valence electrons. The maximum atomic E-state index is 12.9. The van der Waals surface area contributed by atoms with Gasteiger partial charge >= 0.3 is 17.9 Å². The second-order valence-electron chi connectivity index (χ2n) is 20.9. The largest absolute Gasteiger partial charge is 0.462 e. The van der Waals surface area contributed by atoms with Gasteiger partial charge in [-0.1, -0.05) is 264 Å². The highest BCUT2D eigenvalue weighted by Gasteiger charge is 2.19. The van der Waals surface area contributed by atoms with Crippen molar-refractivity contribution in [1.29, 1.82) is 0 Å². The van der Waals surface area contributed by atoms with Crippen LogP contribution in [-0.2, 0) is 28.6 Å². The molecule has 0 fully saturated rings. The summed E-state index contributed by atoms with van der Waals surface area (Å²) in [5.74, 6) is -0.907. The van der Waals surface area contributed by atoms with Gasteiger partial charge in [0.05, 0.1) is 0 Å². The Hall–Kier alpha value is -4.19. The average Bonchev–Trinajstić information content (AvgIpc) is 3.43. The monoisotopic (exact) mass is 1070 g/mol. The SMILES string of the molecule is CC/C=C\C/C=C\C/C=C\C/C=C\C/C=C\C/C=C\CCCCCCCCCCCCC(=O)OCC(COC(=O)CCCCCCC/C=C\CCCCCC)OC(=O)CCCCCCCCC/C=C\C/C=C\C/C=C\CC. The van der Waals surface area contributed by atoms with Gasteiger partial charge in [-0.3, -0.25) is 14.4 Å². The van der Waals surface area contributed by atoms with E-state index in [9.17, 15) is 14.4 Å². The summed E-state index contributed by atoms with van der Waals surface area (Å²) in [5, 5.41) is 0. The molecule has 0 spiro atoms. The molecule has 6 nitrogen and oxygen atoms in total. The molecule has 1 atom stereocenters. The van der Waals surface area contributed by atoms with Gasteiger partial charge in [-0.2, -0.15) is 0 Å². The Labute approximate surface area is 475 Å². The van der Waals surface area contributed by atoms with Crippen LogP contribution in [-0.4, -0.2) is 37.2 Å². The first-order valence-corrected chi connectivity index (χ1v) is 32.0. The average molecular weight is 1070 g/mol. The van der Waals surface area contributed by atoms with Crippen molar-refractivity contribution >= 4 is 17.9 Å². The minimum atomic E-state index is -0.792. The molecule has 0 N–H and O–H groups in total. The molecule has 0 bridgehead atoms. The summed E-state index contributed by atoms with van der Waals surface area (Å²) in [4.78, 5) is 38.3. The fourth-order valence-corrected chi connectivity index (χ4v) is 8.69. The van der Waals surface area contributed by atoms with Crippen LogP contribution < -0.4 is 0 Å². The van der Waals surface area contributed by atoms with E-state index in [1.807, 2.05) is 0 Å². The third-order valence-electron chi connectivity index (χ3n) is 13.4. The van der Waals surface area contributed by atoms with E-state index in [1.165, 1.54) is 122 Å². The maximum Gasteiger partial charge on any atom is 0.306 e. The summed E-state index contributed by atoms with van der Waals surface area (Å²) in [6.07, 6.45) is 89.2. The topological polar surface area (TPSA) is 78.9 Å². The van der Waals surface area contributed by atoms with Gasteiger partial charge in [0.1, 0.15) is 13.2 Å². The highest BCUT2D eigenvalue weighted by molar-refractivity contribution is 5.71. The molecular weight excluding hydrogens is 949 g/mol. The molecule has 0 aromatic carbocycles. The number of ether oxygens (including phenoxy) is 3. The molecule has 0 aliphatic heterocycles. The molecule has 77 heavy (non-hydrogen) atoms. The molecule has 0 heterocycles. The van der Waals surface area contributed by atoms with Crippen LogP contribution in [0.15, 0.2) is 122 Å².